The summed E-state index contributed by atoms with van der Waals surface area (Å²) in [7, 11) is 3.22. The van der Waals surface area contributed by atoms with Crippen LogP contribution in [-0.2, 0) is 17.8 Å². The third kappa shape index (κ3) is 4.08. The Balaban J connectivity index is 1.67. The smallest absolute Gasteiger partial charge is 0.279 e. The van der Waals surface area contributed by atoms with Crippen LogP contribution in [0.3, 0.4) is 0 Å². The molecule has 7 heteroatoms. The van der Waals surface area contributed by atoms with Gasteiger partial charge in [-0.3, -0.25) is 4.79 Å². The molecule has 0 fully saturated rings. The highest BCUT2D eigenvalue weighted by Crippen LogP contribution is 2.31. The first-order valence-corrected chi connectivity index (χ1v) is 8.70. The quantitative estimate of drug-likeness (QED) is 0.836. The summed E-state index contributed by atoms with van der Waals surface area (Å²) in [6.45, 7) is 1.76. The highest BCUT2D eigenvalue weighted by atomic mass is 35.5. The maximum atomic E-state index is 13.8. The molecule has 1 amide bonds. The van der Waals surface area contributed by atoms with Gasteiger partial charge in [0.2, 0.25) is 0 Å². The number of methoxy groups -OCH3 is 2. The first-order valence-electron chi connectivity index (χ1n) is 8.32. The number of quaternary nitrogens is 1. The molecule has 3 rings (SSSR count). The molecule has 1 atom stereocenters. The molecule has 138 valence electrons. The summed E-state index contributed by atoms with van der Waals surface area (Å²) in [6, 6.07) is 8.05. The fourth-order valence-corrected chi connectivity index (χ4v) is 3.37. The summed E-state index contributed by atoms with van der Waals surface area (Å²) in [5, 5.41) is 2.98. The number of carbonyl (C=O) groups excluding carboxylic acids is 1. The van der Waals surface area contributed by atoms with E-state index in [4.69, 9.17) is 21.1 Å². The average molecular weight is 380 g/mol. The first-order chi connectivity index (χ1) is 12.5. The van der Waals surface area contributed by atoms with Crippen LogP contribution in [0.4, 0.5) is 10.1 Å². The van der Waals surface area contributed by atoms with Gasteiger partial charge in [-0.05, 0) is 35.9 Å². The van der Waals surface area contributed by atoms with Gasteiger partial charge in [-0.15, -0.1) is 0 Å². The zero-order valence-electron chi connectivity index (χ0n) is 14.7. The number of ether oxygens (including phenoxy) is 2. The molecule has 0 radical (unpaired) electrons. The Labute approximate surface area is 156 Å². The topological polar surface area (TPSA) is 52.0 Å². The lowest BCUT2D eigenvalue weighted by Gasteiger charge is -2.26. The monoisotopic (exact) mass is 379 g/mol. The molecule has 26 heavy (non-hydrogen) atoms. The summed E-state index contributed by atoms with van der Waals surface area (Å²) in [5.41, 5.74) is 2.43. The minimum atomic E-state index is -0.501. The van der Waals surface area contributed by atoms with Gasteiger partial charge in [-0.1, -0.05) is 11.6 Å². The Bertz CT molecular complexity index is 829. The zero-order valence-corrected chi connectivity index (χ0v) is 15.5. The maximum Gasteiger partial charge on any atom is 0.279 e. The molecular formula is C19H21ClFN2O3+. The number of fused-ring (bicyclic) bond motifs is 1. The van der Waals surface area contributed by atoms with E-state index in [1.807, 2.05) is 12.1 Å². The largest absolute Gasteiger partial charge is 0.493 e. The van der Waals surface area contributed by atoms with Crippen molar-refractivity contribution in [2.45, 2.75) is 13.0 Å². The van der Waals surface area contributed by atoms with E-state index >= 15 is 0 Å². The van der Waals surface area contributed by atoms with Crippen LogP contribution >= 0.6 is 11.6 Å². The lowest BCUT2D eigenvalue weighted by molar-refractivity contribution is -0.907. The number of nitrogens with one attached hydrogen (secondary N) is 2. The number of benzene rings is 2. The second kappa shape index (κ2) is 7.93. The second-order valence-corrected chi connectivity index (χ2v) is 6.69. The predicted octanol–water partition coefficient (Wildman–Crippen LogP) is 2.08. The van der Waals surface area contributed by atoms with E-state index in [2.05, 4.69) is 5.32 Å². The van der Waals surface area contributed by atoms with Gasteiger partial charge < -0.3 is 19.7 Å². The van der Waals surface area contributed by atoms with E-state index in [9.17, 15) is 9.18 Å². The number of halogens is 2. The van der Waals surface area contributed by atoms with Crippen molar-refractivity contribution in [3.05, 3.63) is 52.3 Å². The minimum absolute atomic E-state index is 0.103. The van der Waals surface area contributed by atoms with Crippen LogP contribution in [0.15, 0.2) is 30.3 Å². The Morgan fingerprint density at radius 1 is 1.19 bits per heavy atom. The molecule has 2 aromatic rings. The number of anilines is 1. The van der Waals surface area contributed by atoms with Crippen molar-refractivity contribution in [1.82, 2.24) is 0 Å². The summed E-state index contributed by atoms with van der Waals surface area (Å²) >= 11 is 5.86. The van der Waals surface area contributed by atoms with Crippen LogP contribution in [0, 0.1) is 5.82 Å². The third-order valence-corrected chi connectivity index (χ3v) is 4.74. The molecule has 0 aliphatic carbocycles. The zero-order chi connectivity index (χ0) is 18.7. The van der Waals surface area contributed by atoms with Gasteiger partial charge in [0.15, 0.2) is 18.0 Å². The molecule has 0 bridgehead atoms. The molecule has 0 saturated carbocycles. The van der Waals surface area contributed by atoms with Crippen molar-refractivity contribution in [3.8, 4) is 11.5 Å². The first kappa shape index (κ1) is 18.5. The lowest BCUT2D eigenvalue weighted by atomic mass is 9.99. The number of hydrogen-bond donors (Lipinski definition) is 2. The summed E-state index contributed by atoms with van der Waals surface area (Å²) in [6.07, 6.45) is 0.837. The Hall–Kier alpha value is -2.31. The second-order valence-electron chi connectivity index (χ2n) is 6.25. The van der Waals surface area contributed by atoms with Crippen LogP contribution < -0.4 is 19.7 Å². The highest BCUT2D eigenvalue weighted by molar-refractivity contribution is 6.30. The average Bonchev–Trinajstić information content (AvgIpc) is 2.63. The van der Waals surface area contributed by atoms with Gasteiger partial charge in [-0.2, -0.15) is 0 Å². The predicted molar refractivity (Wildman–Crippen MR) is 97.7 cm³/mol. The van der Waals surface area contributed by atoms with Crippen molar-refractivity contribution in [3.63, 3.8) is 0 Å². The van der Waals surface area contributed by atoms with E-state index in [1.165, 1.54) is 23.8 Å². The number of amides is 1. The molecule has 5 nitrogen and oxygen atoms in total. The van der Waals surface area contributed by atoms with Crippen LogP contribution in [0.25, 0.3) is 0 Å². The Kier molecular flexibility index (Phi) is 5.64. The third-order valence-electron chi connectivity index (χ3n) is 4.51. The van der Waals surface area contributed by atoms with Gasteiger partial charge >= 0.3 is 0 Å². The van der Waals surface area contributed by atoms with Crippen molar-refractivity contribution in [1.29, 1.82) is 0 Å². The van der Waals surface area contributed by atoms with Gasteiger partial charge in [-0.25, -0.2) is 4.39 Å². The van der Waals surface area contributed by atoms with Crippen molar-refractivity contribution >= 4 is 23.2 Å². The number of hydrogen-bond acceptors (Lipinski definition) is 3. The maximum absolute atomic E-state index is 13.8. The molecule has 0 saturated heterocycles. The number of carbonyl (C=O) groups is 1. The van der Waals surface area contributed by atoms with Crippen LogP contribution in [0.5, 0.6) is 11.5 Å². The van der Waals surface area contributed by atoms with E-state index in [1.54, 1.807) is 14.2 Å². The highest BCUT2D eigenvalue weighted by Gasteiger charge is 2.24. The van der Waals surface area contributed by atoms with Crippen molar-refractivity contribution < 1.29 is 23.6 Å². The lowest BCUT2D eigenvalue weighted by Crippen LogP contribution is -3.12. The molecule has 1 heterocycles. The van der Waals surface area contributed by atoms with Crippen LogP contribution in [-0.4, -0.2) is 33.2 Å². The van der Waals surface area contributed by atoms with Crippen LogP contribution in [0.1, 0.15) is 11.1 Å². The van der Waals surface area contributed by atoms with Crippen LogP contribution in [0.2, 0.25) is 5.02 Å². The normalized spacial score (nSPS) is 15.9. The summed E-state index contributed by atoms with van der Waals surface area (Å²) < 4.78 is 24.4. The van der Waals surface area contributed by atoms with Gasteiger partial charge in [0.1, 0.15) is 12.4 Å². The van der Waals surface area contributed by atoms with E-state index in [0.717, 1.165) is 23.4 Å². The van der Waals surface area contributed by atoms with Gasteiger partial charge in [0, 0.05) is 17.0 Å². The molecule has 1 unspecified atom stereocenters. The van der Waals surface area contributed by atoms with Crippen molar-refractivity contribution in [2.75, 3.05) is 32.6 Å². The van der Waals surface area contributed by atoms with E-state index in [-0.39, 0.29) is 18.1 Å². The summed E-state index contributed by atoms with van der Waals surface area (Å²) in [4.78, 5) is 13.4. The van der Waals surface area contributed by atoms with Crippen molar-refractivity contribution in [2.24, 2.45) is 0 Å². The molecule has 1 aliphatic heterocycles. The minimum Gasteiger partial charge on any atom is -0.493 e. The summed E-state index contributed by atoms with van der Waals surface area (Å²) in [5.74, 6) is 0.644. The van der Waals surface area contributed by atoms with E-state index in [0.29, 0.717) is 23.1 Å². The SMILES string of the molecule is COc1cc2c(cc1OC)C[NH+](CC(=O)Nc1cc(Cl)ccc1F)CC2. The molecular weight excluding hydrogens is 359 g/mol. The van der Waals surface area contributed by atoms with Gasteiger partial charge in [0.25, 0.3) is 5.91 Å². The fourth-order valence-electron chi connectivity index (χ4n) is 3.20. The molecule has 2 aromatic carbocycles. The van der Waals surface area contributed by atoms with Gasteiger partial charge in [0.05, 0.1) is 26.5 Å². The Morgan fingerprint density at radius 2 is 1.88 bits per heavy atom. The Morgan fingerprint density at radius 3 is 2.58 bits per heavy atom. The molecule has 0 spiro atoms. The molecule has 1 aliphatic rings. The van der Waals surface area contributed by atoms with E-state index < -0.39 is 5.82 Å². The standard InChI is InChI=1S/C19H20ClFN2O3/c1-25-17-7-12-5-6-23(10-13(12)8-18(17)26-2)11-19(24)22-16-9-14(20)3-4-15(16)21/h3-4,7-9H,5-6,10-11H2,1-2H3,(H,22,24)/p+1. The molecule has 0 aromatic heterocycles. The number of rotatable bonds is 5. The fraction of sp³-hybridized carbons (Fsp3) is 0.316. The molecule has 2 N–H and O–H groups in total.